The van der Waals surface area contributed by atoms with Gasteiger partial charge >= 0.3 is 0 Å². The number of benzene rings is 2. The highest BCUT2D eigenvalue weighted by Gasteiger charge is 2.10. The first kappa shape index (κ1) is 13.4. The van der Waals surface area contributed by atoms with Gasteiger partial charge in [-0.2, -0.15) is 5.10 Å². The lowest BCUT2D eigenvalue weighted by Gasteiger charge is -2.05. The summed E-state index contributed by atoms with van der Waals surface area (Å²) in [7, 11) is 0. The molecular formula is C18H19N3. The zero-order chi connectivity index (χ0) is 14.8. The van der Waals surface area contributed by atoms with Crippen LogP contribution in [0.2, 0.25) is 0 Å². The Morgan fingerprint density at radius 1 is 1.00 bits per heavy atom. The van der Waals surface area contributed by atoms with Gasteiger partial charge in [0.15, 0.2) is 0 Å². The van der Waals surface area contributed by atoms with Crippen molar-refractivity contribution in [3.63, 3.8) is 0 Å². The maximum Gasteiger partial charge on any atom is 0.122 e. The first-order valence-electron chi connectivity index (χ1n) is 7.08. The van der Waals surface area contributed by atoms with Crippen molar-refractivity contribution in [3.8, 4) is 11.3 Å². The third-order valence-corrected chi connectivity index (χ3v) is 3.66. The Balaban J connectivity index is 1.96. The topological polar surface area (TPSA) is 43.8 Å². The fraction of sp³-hybridized carbons (Fsp3) is 0.167. The molecule has 21 heavy (non-hydrogen) atoms. The molecule has 3 rings (SSSR count). The highest BCUT2D eigenvalue weighted by atomic mass is 15.3. The minimum Gasteiger partial charge on any atom is -0.384 e. The van der Waals surface area contributed by atoms with Crippen LogP contribution in [0.1, 0.15) is 16.7 Å². The number of nitrogen functional groups attached to an aromatic ring is 1. The van der Waals surface area contributed by atoms with E-state index in [1.807, 2.05) is 28.9 Å². The van der Waals surface area contributed by atoms with Gasteiger partial charge in [-0.3, -0.25) is 0 Å². The van der Waals surface area contributed by atoms with E-state index in [0.29, 0.717) is 12.4 Å². The van der Waals surface area contributed by atoms with Gasteiger partial charge in [-0.05, 0) is 31.0 Å². The molecule has 2 aromatic carbocycles. The van der Waals surface area contributed by atoms with Crippen molar-refractivity contribution < 1.29 is 0 Å². The zero-order valence-corrected chi connectivity index (χ0v) is 12.4. The van der Waals surface area contributed by atoms with Crippen LogP contribution in [0.3, 0.4) is 0 Å². The van der Waals surface area contributed by atoms with Crippen molar-refractivity contribution in [1.82, 2.24) is 9.78 Å². The fourth-order valence-corrected chi connectivity index (χ4v) is 2.46. The van der Waals surface area contributed by atoms with Crippen molar-refractivity contribution in [3.05, 3.63) is 71.3 Å². The Labute approximate surface area is 125 Å². The van der Waals surface area contributed by atoms with Crippen molar-refractivity contribution in [2.45, 2.75) is 20.4 Å². The molecule has 0 aliphatic rings. The van der Waals surface area contributed by atoms with Crippen LogP contribution < -0.4 is 5.73 Å². The van der Waals surface area contributed by atoms with Crippen molar-refractivity contribution in [1.29, 1.82) is 0 Å². The number of hydrogen-bond acceptors (Lipinski definition) is 2. The summed E-state index contributed by atoms with van der Waals surface area (Å²) in [5.41, 5.74) is 11.8. The molecule has 0 bridgehead atoms. The van der Waals surface area contributed by atoms with Crippen LogP contribution >= 0.6 is 0 Å². The lowest BCUT2D eigenvalue weighted by molar-refractivity contribution is 0.699. The largest absolute Gasteiger partial charge is 0.384 e. The molecule has 1 aromatic heterocycles. The van der Waals surface area contributed by atoms with Gasteiger partial charge in [-0.1, -0.05) is 48.0 Å². The molecule has 0 atom stereocenters. The highest BCUT2D eigenvalue weighted by molar-refractivity contribution is 5.66. The van der Waals surface area contributed by atoms with Gasteiger partial charge in [0.05, 0.1) is 12.2 Å². The van der Waals surface area contributed by atoms with E-state index < -0.39 is 0 Å². The van der Waals surface area contributed by atoms with Gasteiger partial charge in [0.2, 0.25) is 0 Å². The van der Waals surface area contributed by atoms with E-state index in [4.69, 9.17) is 5.73 Å². The molecule has 0 spiro atoms. The molecule has 0 radical (unpaired) electrons. The zero-order valence-electron chi connectivity index (χ0n) is 12.4. The van der Waals surface area contributed by atoms with E-state index in [2.05, 4.69) is 49.3 Å². The van der Waals surface area contributed by atoms with Gasteiger partial charge in [0.1, 0.15) is 5.82 Å². The Hall–Kier alpha value is -2.55. The average molecular weight is 277 g/mol. The second-order valence-electron chi connectivity index (χ2n) is 5.42. The molecular weight excluding hydrogens is 258 g/mol. The second kappa shape index (κ2) is 5.44. The standard InChI is InChI=1S/C18H19N3/c1-13-8-9-14(2)16(10-13)17-11-18(19)21(20-17)12-15-6-4-3-5-7-15/h3-11H,12,19H2,1-2H3. The van der Waals surface area contributed by atoms with Crippen LogP contribution in [-0.4, -0.2) is 9.78 Å². The summed E-state index contributed by atoms with van der Waals surface area (Å²) < 4.78 is 1.85. The summed E-state index contributed by atoms with van der Waals surface area (Å²) in [6, 6.07) is 18.6. The van der Waals surface area contributed by atoms with Crippen molar-refractivity contribution in [2.75, 3.05) is 5.73 Å². The van der Waals surface area contributed by atoms with E-state index in [9.17, 15) is 0 Å². The van der Waals surface area contributed by atoms with Crippen LogP contribution in [0, 0.1) is 13.8 Å². The summed E-state index contributed by atoms with van der Waals surface area (Å²) >= 11 is 0. The first-order valence-corrected chi connectivity index (χ1v) is 7.08. The Morgan fingerprint density at radius 3 is 2.52 bits per heavy atom. The molecule has 2 N–H and O–H groups in total. The molecule has 0 aliphatic heterocycles. The van der Waals surface area contributed by atoms with E-state index in [1.165, 1.54) is 16.7 Å². The number of rotatable bonds is 3. The van der Waals surface area contributed by atoms with E-state index in [1.54, 1.807) is 0 Å². The summed E-state index contributed by atoms with van der Waals surface area (Å²) in [6.07, 6.45) is 0. The van der Waals surface area contributed by atoms with Crippen LogP contribution in [0.15, 0.2) is 54.6 Å². The first-order chi connectivity index (χ1) is 10.1. The fourth-order valence-electron chi connectivity index (χ4n) is 2.46. The van der Waals surface area contributed by atoms with Gasteiger partial charge in [0.25, 0.3) is 0 Å². The molecule has 0 aliphatic carbocycles. The smallest absolute Gasteiger partial charge is 0.122 e. The van der Waals surface area contributed by atoms with E-state index in [-0.39, 0.29) is 0 Å². The van der Waals surface area contributed by atoms with Crippen molar-refractivity contribution >= 4 is 5.82 Å². The maximum atomic E-state index is 6.12. The predicted octanol–water partition coefficient (Wildman–Crippen LogP) is 3.80. The van der Waals surface area contributed by atoms with E-state index >= 15 is 0 Å². The number of aryl methyl sites for hydroxylation is 2. The van der Waals surface area contributed by atoms with Gasteiger partial charge < -0.3 is 5.73 Å². The minimum atomic E-state index is 0.690. The summed E-state index contributed by atoms with van der Waals surface area (Å²) in [4.78, 5) is 0. The Bertz CT molecular complexity index is 757. The minimum absolute atomic E-state index is 0.690. The van der Waals surface area contributed by atoms with Gasteiger partial charge in [-0.25, -0.2) is 4.68 Å². The van der Waals surface area contributed by atoms with E-state index in [0.717, 1.165) is 11.3 Å². The number of nitrogens with two attached hydrogens (primary N) is 1. The SMILES string of the molecule is Cc1ccc(C)c(-c2cc(N)n(Cc3ccccc3)n2)c1. The summed E-state index contributed by atoms with van der Waals surface area (Å²) in [5.74, 6) is 0.690. The molecule has 106 valence electrons. The number of aromatic nitrogens is 2. The normalized spacial score (nSPS) is 10.8. The third-order valence-electron chi connectivity index (χ3n) is 3.66. The number of anilines is 1. The Kier molecular flexibility index (Phi) is 3.48. The molecule has 1 heterocycles. The van der Waals surface area contributed by atoms with Gasteiger partial charge in [0, 0.05) is 11.6 Å². The Morgan fingerprint density at radius 2 is 1.76 bits per heavy atom. The molecule has 0 saturated carbocycles. The van der Waals surface area contributed by atoms with Gasteiger partial charge in [-0.15, -0.1) is 0 Å². The lowest BCUT2D eigenvalue weighted by Crippen LogP contribution is -2.05. The quantitative estimate of drug-likeness (QED) is 0.791. The van der Waals surface area contributed by atoms with Crippen molar-refractivity contribution in [2.24, 2.45) is 0 Å². The van der Waals surface area contributed by atoms with Crippen LogP contribution in [0.4, 0.5) is 5.82 Å². The monoisotopic (exact) mass is 277 g/mol. The summed E-state index contributed by atoms with van der Waals surface area (Å²) in [6.45, 7) is 4.88. The maximum absolute atomic E-state index is 6.12. The molecule has 0 unspecified atom stereocenters. The van der Waals surface area contributed by atoms with Crippen LogP contribution in [-0.2, 0) is 6.54 Å². The van der Waals surface area contributed by atoms with Crippen LogP contribution in [0.5, 0.6) is 0 Å². The molecule has 0 saturated heterocycles. The second-order valence-corrected chi connectivity index (χ2v) is 5.42. The molecule has 0 amide bonds. The number of hydrogen-bond donors (Lipinski definition) is 1. The molecule has 0 fully saturated rings. The highest BCUT2D eigenvalue weighted by Crippen LogP contribution is 2.25. The average Bonchev–Trinajstić information content (AvgIpc) is 2.84. The third kappa shape index (κ3) is 2.82. The molecule has 3 heteroatoms. The molecule has 3 nitrogen and oxygen atoms in total. The number of nitrogens with zero attached hydrogens (tertiary/aromatic N) is 2. The summed E-state index contributed by atoms with van der Waals surface area (Å²) in [5, 5.41) is 4.67. The lowest BCUT2D eigenvalue weighted by atomic mass is 10.0. The molecule has 3 aromatic rings. The predicted molar refractivity (Wildman–Crippen MR) is 87.1 cm³/mol. The van der Waals surface area contributed by atoms with Crippen LogP contribution in [0.25, 0.3) is 11.3 Å².